The van der Waals surface area contributed by atoms with Crippen LogP contribution in [0.1, 0.15) is 27.0 Å². The second-order valence-electron chi connectivity index (χ2n) is 6.99. The fourth-order valence-electron chi connectivity index (χ4n) is 3.27. The number of anilines is 1. The molecule has 0 saturated carbocycles. The van der Waals surface area contributed by atoms with Crippen LogP contribution >= 0.6 is 0 Å². The highest BCUT2D eigenvalue weighted by Crippen LogP contribution is 2.31. The van der Waals surface area contributed by atoms with Gasteiger partial charge in [0.25, 0.3) is 5.91 Å². The zero-order chi connectivity index (χ0) is 22.0. The summed E-state index contributed by atoms with van der Waals surface area (Å²) < 4.78 is 26.7. The molecule has 152 valence electrons. The highest BCUT2D eigenvalue weighted by molar-refractivity contribution is 6.36. The highest BCUT2D eigenvalue weighted by atomic mass is 19.2. The molecule has 1 aromatic heterocycles. The van der Waals surface area contributed by atoms with E-state index >= 15 is 0 Å². The van der Waals surface area contributed by atoms with Gasteiger partial charge in [-0.25, -0.2) is 8.78 Å². The maximum absolute atomic E-state index is 13.5. The molecule has 0 aliphatic carbocycles. The van der Waals surface area contributed by atoms with Crippen molar-refractivity contribution in [3.8, 4) is 11.8 Å². The minimum absolute atomic E-state index is 0.122. The molecule has 6 heteroatoms. The van der Waals surface area contributed by atoms with Crippen molar-refractivity contribution in [2.75, 3.05) is 11.9 Å². The van der Waals surface area contributed by atoms with Crippen molar-refractivity contribution in [2.24, 2.45) is 0 Å². The molecule has 31 heavy (non-hydrogen) atoms. The summed E-state index contributed by atoms with van der Waals surface area (Å²) in [5.74, 6) is 3.04. The number of carbonyl (C=O) groups is 2. The van der Waals surface area contributed by atoms with Gasteiger partial charge in [-0.3, -0.25) is 14.6 Å². The maximum Gasteiger partial charge on any atom is 0.262 e. The number of fused-ring (bicyclic) bond motifs is 1. The molecular weight excluding hydrogens is 398 g/mol. The molecule has 0 saturated heterocycles. The number of halogens is 2. The summed E-state index contributed by atoms with van der Waals surface area (Å²) in [7, 11) is 1.56. The number of Topliss-reactive ketones (excluding diaryl/α,β-unsaturated/α-hetero) is 1. The Bertz CT molecular complexity index is 1290. The fraction of sp³-hybridized carbons (Fsp3) is 0.0800. The summed E-state index contributed by atoms with van der Waals surface area (Å²) in [6.45, 7) is 0. The Morgan fingerprint density at radius 3 is 2.52 bits per heavy atom. The SMILES string of the molecule is CN1C(=O)/C(=C\c2ccc(F)c(F)c2)C(=O)c2cc(C#CCc3ccncc3)ccc21. The lowest BCUT2D eigenvalue weighted by Crippen LogP contribution is -2.36. The van der Waals surface area contributed by atoms with Gasteiger partial charge in [-0.1, -0.05) is 17.9 Å². The molecule has 2 heterocycles. The molecule has 1 aliphatic heterocycles. The Morgan fingerprint density at radius 2 is 1.77 bits per heavy atom. The van der Waals surface area contributed by atoms with Crippen LogP contribution < -0.4 is 4.90 Å². The monoisotopic (exact) mass is 414 g/mol. The number of aromatic nitrogens is 1. The van der Waals surface area contributed by atoms with Crippen molar-refractivity contribution in [1.29, 1.82) is 0 Å². The Labute approximate surface area is 177 Å². The van der Waals surface area contributed by atoms with Gasteiger partial charge in [0, 0.05) is 37.0 Å². The van der Waals surface area contributed by atoms with Gasteiger partial charge in [-0.2, -0.15) is 0 Å². The van der Waals surface area contributed by atoms with Gasteiger partial charge >= 0.3 is 0 Å². The van der Waals surface area contributed by atoms with Crippen molar-refractivity contribution in [3.05, 3.63) is 100 Å². The first kappa shape index (κ1) is 20.2. The number of rotatable bonds is 2. The van der Waals surface area contributed by atoms with Crippen LogP contribution in [-0.2, 0) is 11.2 Å². The number of hydrogen-bond acceptors (Lipinski definition) is 3. The average molecular weight is 414 g/mol. The van der Waals surface area contributed by atoms with Crippen molar-refractivity contribution < 1.29 is 18.4 Å². The summed E-state index contributed by atoms with van der Waals surface area (Å²) in [6.07, 6.45) is 5.20. The van der Waals surface area contributed by atoms with Crippen LogP contribution in [0.3, 0.4) is 0 Å². The minimum Gasteiger partial charge on any atom is -0.311 e. The van der Waals surface area contributed by atoms with Gasteiger partial charge in [0.15, 0.2) is 11.6 Å². The van der Waals surface area contributed by atoms with E-state index in [1.807, 2.05) is 12.1 Å². The topological polar surface area (TPSA) is 50.3 Å². The molecule has 0 bridgehead atoms. The number of nitrogens with zero attached hydrogens (tertiary/aromatic N) is 2. The van der Waals surface area contributed by atoms with Crippen LogP contribution in [0.2, 0.25) is 0 Å². The summed E-state index contributed by atoms with van der Waals surface area (Å²) in [5, 5.41) is 0. The standard InChI is InChI=1S/C25H16F2N2O2/c1-29-23-8-6-17(4-2-3-16-9-11-28-12-10-16)13-19(23)24(30)20(25(29)31)14-18-5-7-21(26)22(27)15-18/h5-15H,3H2,1H3/b20-14-. The van der Waals surface area contributed by atoms with Gasteiger partial charge in [0.05, 0.1) is 11.3 Å². The summed E-state index contributed by atoms with van der Waals surface area (Å²) >= 11 is 0. The normalized spacial score (nSPS) is 14.3. The van der Waals surface area contributed by atoms with Gasteiger partial charge in [0.2, 0.25) is 5.78 Å². The largest absolute Gasteiger partial charge is 0.311 e. The third-order valence-corrected chi connectivity index (χ3v) is 4.91. The molecule has 0 spiro atoms. The first-order valence-corrected chi connectivity index (χ1v) is 9.45. The molecule has 0 atom stereocenters. The second kappa shape index (κ2) is 8.33. The number of ketones is 1. The molecule has 4 rings (SSSR count). The summed E-state index contributed by atoms with van der Waals surface area (Å²) in [4.78, 5) is 31.1. The summed E-state index contributed by atoms with van der Waals surface area (Å²) in [6, 6.07) is 12.0. The van der Waals surface area contributed by atoms with E-state index in [0.717, 1.165) is 17.7 Å². The number of likely N-dealkylation sites (N-methyl/N-ethyl adjacent to an activating group) is 1. The highest BCUT2D eigenvalue weighted by Gasteiger charge is 2.32. The smallest absolute Gasteiger partial charge is 0.262 e. The van der Waals surface area contributed by atoms with Crippen LogP contribution in [0, 0.1) is 23.5 Å². The van der Waals surface area contributed by atoms with E-state index in [9.17, 15) is 18.4 Å². The predicted molar refractivity (Wildman–Crippen MR) is 113 cm³/mol. The van der Waals surface area contributed by atoms with E-state index in [2.05, 4.69) is 16.8 Å². The molecule has 2 aromatic carbocycles. The number of carbonyl (C=O) groups excluding carboxylic acids is 2. The quantitative estimate of drug-likeness (QED) is 0.359. The molecule has 1 amide bonds. The van der Waals surface area contributed by atoms with E-state index in [1.165, 1.54) is 17.0 Å². The number of pyridine rings is 1. The van der Waals surface area contributed by atoms with Crippen LogP contribution in [0.15, 0.2) is 66.5 Å². The van der Waals surface area contributed by atoms with Gasteiger partial charge in [0.1, 0.15) is 0 Å². The Morgan fingerprint density at radius 1 is 1.00 bits per heavy atom. The molecule has 3 aromatic rings. The third kappa shape index (κ3) is 4.12. The zero-order valence-corrected chi connectivity index (χ0v) is 16.5. The summed E-state index contributed by atoms with van der Waals surface area (Å²) in [5.41, 5.74) is 2.56. The number of amides is 1. The van der Waals surface area contributed by atoms with Crippen LogP contribution in [-0.4, -0.2) is 23.7 Å². The Kier molecular flexibility index (Phi) is 5.42. The lowest BCUT2D eigenvalue weighted by Gasteiger charge is -2.26. The predicted octanol–water partition coefficient (Wildman–Crippen LogP) is 4.20. The van der Waals surface area contributed by atoms with Crippen molar-refractivity contribution >= 4 is 23.5 Å². The van der Waals surface area contributed by atoms with Gasteiger partial charge < -0.3 is 4.90 Å². The van der Waals surface area contributed by atoms with E-state index in [1.54, 1.807) is 37.6 Å². The lowest BCUT2D eigenvalue weighted by atomic mass is 9.92. The third-order valence-electron chi connectivity index (χ3n) is 4.91. The molecule has 4 nitrogen and oxygen atoms in total. The maximum atomic E-state index is 13.5. The molecular formula is C25H16F2N2O2. The van der Waals surface area contributed by atoms with Gasteiger partial charge in [-0.05, 0) is 59.7 Å². The minimum atomic E-state index is -1.05. The first-order valence-electron chi connectivity index (χ1n) is 9.45. The molecule has 0 radical (unpaired) electrons. The second-order valence-corrected chi connectivity index (χ2v) is 6.99. The van der Waals surface area contributed by atoms with E-state index in [0.29, 0.717) is 23.2 Å². The number of hydrogen-bond donors (Lipinski definition) is 0. The Hall–Kier alpha value is -4.11. The Balaban J connectivity index is 1.67. The van der Waals surface area contributed by atoms with E-state index < -0.39 is 23.3 Å². The van der Waals surface area contributed by atoms with Crippen molar-refractivity contribution in [3.63, 3.8) is 0 Å². The van der Waals surface area contributed by atoms with Gasteiger partial charge in [-0.15, -0.1) is 0 Å². The zero-order valence-electron chi connectivity index (χ0n) is 16.5. The molecule has 1 aliphatic rings. The van der Waals surface area contributed by atoms with Crippen LogP contribution in [0.5, 0.6) is 0 Å². The van der Waals surface area contributed by atoms with E-state index in [4.69, 9.17) is 0 Å². The van der Waals surface area contributed by atoms with E-state index in [-0.39, 0.29) is 11.1 Å². The fourth-order valence-corrected chi connectivity index (χ4v) is 3.27. The van der Waals surface area contributed by atoms with Crippen LogP contribution in [0.25, 0.3) is 6.08 Å². The van der Waals surface area contributed by atoms with Crippen molar-refractivity contribution in [2.45, 2.75) is 6.42 Å². The number of benzene rings is 2. The lowest BCUT2D eigenvalue weighted by molar-refractivity contribution is -0.114. The van der Waals surface area contributed by atoms with Crippen molar-refractivity contribution in [1.82, 2.24) is 4.98 Å². The molecule has 0 N–H and O–H groups in total. The first-order chi connectivity index (χ1) is 14.9. The molecule has 0 unspecified atom stereocenters. The molecule has 0 fully saturated rings. The van der Waals surface area contributed by atoms with Crippen LogP contribution in [0.4, 0.5) is 14.5 Å². The average Bonchev–Trinajstić information content (AvgIpc) is 2.78.